The maximum absolute atomic E-state index is 12.9. The van der Waals surface area contributed by atoms with Crippen molar-refractivity contribution >= 4 is 13.7 Å². The maximum Gasteiger partial charge on any atom is 0.268 e. The Labute approximate surface area is 365 Å². The minimum atomic E-state index is -4.59. The van der Waals surface area contributed by atoms with Gasteiger partial charge in [-0.1, -0.05) is 197 Å². The molecule has 0 aromatic heterocycles. The monoisotopic (exact) mass is 851 g/mol. The molecule has 0 aromatic carbocycles. The van der Waals surface area contributed by atoms with Crippen LogP contribution in [0.5, 0.6) is 0 Å². The Bertz CT molecular complexity index is 1100. The van der Waals surface area contributed by atoms with E-state index in [0.717, 1.165) is 64.2 Å². The first-order chi connectivity index (χ1) is 28.5. The summed E-state index contributed by atoms with van der Waals surface area (Å²) in [4.78, 5) is 25.4. The number of likely N-dealkylation sites (N-methyl/N-ethyl adjacent to an activating group) is 1. The van der Waals surface area contributed by atoms with Crippen molar-refractivity contribution in [1.29, 1.82) is 0 Å². The number of aliphatic hydroxyl groups excluding tert-OH is 1. The summed E-state index contributed by atoms with van der Waals surface area (Å²) in [5.74, 6) is -0.210. The van der Waals surface area contributed by atoms with Gasteiger partial charge in [-0.15, -0.1) is 0 Å². The van der Waals surface area contributed by atoms with Gasteiger partial charge in [-0.05, 0) is 57.8 Å². The lowest BCUT2D eigenvalue weighted by Gasteiger charge is -2.29. The number of rotatable bonds is 44. The Balaban J connectivity index is 4.39. The van der Waals surface area contributed by atoms with E-state index in [-0.39, 0.29) is 19.1 Å². The van der Waals surface area contributed by atoms with Crippen LogP contribution in [0.15, 0.2) is 48.6 Å². The Morgan fingerprint density at radius 1 is 0.593 bits per heavy atom. The van der Waals surface area contributed by atoms with Crippen molar-refractivity contribution in [3.05, 3.63) is 48.6 Å². The summed E-state index contributed by atoms with van der Waals surface area (Å²) in [6.45, 7) is 4.63. The van der Waals surface area contributed by atoms with Gasteiger partial charge in [0.15, 0.2) is 0 Å². The number of amides is 1. The number of unbranched alkanes of at least 4 members (excludes halogenated alkanes) is 25. The molecule has 0 aromatic rings. The van der Waals surface area contributed by atoms with Gasteiger partial charge >= 0.3 is 0 Å². The molecule has 0 heterocycles. The van der Waals surface area contributed by atoms with E-state index in [9.17, 15) is 19.4 Å². The topological polar surface area (TPSA) is 108 Å². The van der Waals surface area contributed by atoms with Crippen LogP contribution in [0, 0.1) is 0 Å². The lowest BCUT2D eigenvalue weighted by molar-refractivity contribution is -0.870. The fourth-order valence-corrected chi connectivity index (χ4v) is 7.59. The van der Waals surface area contributed by atoms with E-state index < -0.39 is 20.0 Å². The van der Waals surface area contributed by atoms with Gasteiger partial charge in [0.25, 0.3) is 7.82 Å². The molecule has 2 N–H and O–H groups in total. The molecule has 0 bridgehead atoms. The largest absolute Gasteiger partial charge is 0.756 e. The predicted octanol–water partition coefficient (Wildman–Crippen LogP) is 13.4. The molecule has 8 nitrogen and oxygen atoms in total. The van der Waals surface area contributed by atoms with Crippen molar-refractivity contribution in [3.8, 4) is 0 Å². The van der Waals surface area contributed by atoms with Gasteiger partial charge in [0.1, 0.15) is 13.2 Å². The number of carbonyl (C=O) groups excluding carboxylic acids is 1. The number of nitrogens with one attached hydrogen (secondary N) is 1. The summed E-state index contributed by atoms with van der Waals surface area (Å²) >= 11 is 0. The minimum absolute atomic E-state index is 0.00506. The highest BCUT2D eigenvalue weighted by molar-refractivity contribution is 7.45. The molecule has 0 saturated heterocycles. The van der Waals surface area contributed by atoms with Crippen molar-refractivity contribution in [3.63, 3.8) is 0 Å². The number of phosphoric ester groups is 1. The van der Waals surface area contributed by atoms with Crippen LogP contribution in [-0.4, -0.2) is 68.5 Å². The standard InChI is InChI=1S/C50H95N2O6P/c1-6-8-10-12-14-16-18-20-22-24-25-26-27-28-30-32-34-36-38-40-42-44-50(54)51-48(47-58-59(55,56)57-46-45-52(3,4)5)49(53)43-41-39-37-35-33-31-29-23-21-19-17-15-13-11-9-7-2/h18,20,24-25,27-28,41,43,48-49,53H,6-17,19,21-23,26,29-40,42,44-47H2,1-5H3,(H-,51,54,55,56)/b20-18-,25-24-,28-27-,43-41+. The first-order valence-corrected chi connectivity index (χ1v) is 26.0. The van der Waals surface area contributed by atoms with Gasteiger partial charge in [0.05, 0.1) is 39.9 Å². The first kappa shape index (κ1) is 57.5. The van der Waals surface area contributed by atoms with E-state index in [1.807, 2.05) is 27.2 Å². The van der Waals surface area contributed by atoms with Gasteiger partial charge in [-0.2, -0.15) is 0 Å². The maximum atomic E-state index is 12.9. The summed E-state index contributed by atoms with van der Waals surface area (Å²) in [6, 6.07) is -0.894. The SMILES string of the molecule is CCCCCCC/C=C\C/C=C\C/C=C\CCCCCCCCC(=O)NC(COP(=O)([O-])OCC[N+](C)(C)C)C(O)/C=C/CCCCCCCCCCCCCCCC. The zero-order valence-electron chi connectivity index (χ0n) is 39.2. The second kappa shape index (κ2) is 41.8. The van der Waals surface area contributed by atoms with Crippen LogP contribution < -0.4 is 10.2 Å². The van der Waals surface area contributed by atoms with Gasteiger partial charge in [0, 0.05) is 6.42 Å². The molecule has 0 radical (unpaired) electrons. The second-order valence-corrected chi connectivity index (χ2v) is 19.2. The normalized spacial score (nSPS) is 14.6. The van der Waals surface area contributed by atoms with Crippen LogP contribution in [0.2, 0.25) is 0 Å². The van der Waals surface area contributed by atoms with Crippen molar-refractivity contribution in [1.82, 2.24) is 5.32 Å². The van der Waals surface area contributed by atoms with Crippen LogP contribution >= 0.6 is 7.82 Å². The highest BCUT2D eigenvalue weighted by Gasteiger charge is 2.23. The van der Waals surface area contributed by atoms with Crippen LogP contribution in [0.4, 0.5) is 0 Å². The molecule has 0 rings (SSSR count). The number of hydrogen-bond donors (Lipinski definition) is 2. The number of hydrogen-bond acceptors (Lipinski definition) is 6. The van der Waals surface area contributed by atoms with Crippen LogP contribution in [0.1, 0.15) is 213 Å². The van der Waals surface area contributed by atoms with Gasteiger partial charge in [-0.3, -0.25) is 9.36 Å². The summed E-state index contributed by atoms with van der Waals surface area (Å²) in [7, 11) is 1.25. The van der Waals surface area contributed by atoms with Crippen molar-refractivity contribution in [2.75, 3.05) is 40.9 Å². The van der Waals surface area contributed by atoms with Crippen molar-refractivity contribution in [2.24, 2.45) is 0 Å². The molecule has 1 amide bonds. The summed E-state index contributed by atoms with van der Waals surface area (Å²) in [6.07, 6.45) is 53.0. The molecule has 0 aliphatic carbocycles. The molecule has 3 unspecified atom stereocenters. The van der Waals surface area contributed by atoms with E-state index in [2.05, 4.69) is 55.6 Å². The third-order valence-corrected chi connectivity index (χ3v) is 11.7. The number of allylic oxidation sites excluding steroid dienone is 7. The number of quaternary nitrogens is 1. The van der Waals surface area contributed by atoms with E-state index in [0.29, 0.717) is 17.4 Å². The lowest BCUT2D eigenvalue weighted by Crippen LogP contribution is -2.45. The van der Waals surface area contributed by atoms with E-state index in [1.165, 1.54) is 128 Å². The van der Waals surface area contributed by atoms with E-state index in [1.54, 1.807) is 6.08 Å². The molecule has 59 heavy (non-hydrogen) atoms. The average Bonchev–Trinajstić information content (AvgIpc) is 3.19. The summed E-state index contributed by atoms with van der Waals surface area (Å²) in [5.41, 5.74) is 0. The predicted molar refractivity (Wildman–Crippen MR) is 251 cm³/mol. The molecule has 3 atom stereocenters. The number of phosphoric acid groups is 1. The molecule has 346 valence electrons. The fourth-order valence-electron chi connectivity index (χ4n) is 6.86. The first-order valence-electron chi connectivity index (χ1n) is 24.5. The summed E-state index contributed by atoms with van der Waals surface area (Å²) < 4.78 is 23.2. The van der Waals surface area contributed by atoms with Crippen LogP contribution in [0.3, 0.4) is 0 Å². The minimum Gasteiger partial charge on any atom is -0.756 e. The molecule has 0 saturated carbocycles. The number of carbonyl (C=O) groups is 1. The van der Waals surface area contributed by atoms with Crippen LogP contribution in [-0.2, 0) is 18.4 Å². The summed E-state index contributed by atoms with van der Waals surface area (Å²) in [5, 5.41) is 13.8. The molecular formula is C50H95N2O6P. The molecule has 0 spiro atoms. The number of nitrogens with zero attached hydrogens (tertiary/aromatic N) is 1. The highest BCUT2D eigenvalue weighted by Crippen LogP contribution is 2.38. The zero-order valence-corrected chi connectivity index (χ0v) is 40.1. The third-order valence-electron chi connectivity index (χ3n) is 10.8. The van der Waals surface area contributed by atoms with E-state index in [4.69, 9.17) is 9.05 Å². The Kier molecular flexibility index (Phi) is 40.7. The molecular weight excluding hydrogens is 756 g/mol. The van der Waals surface area contributed by atoms with Crippen molar-refractivity contribution in [2.45, 2.75) is 225 Å². The van der Waals surface area contributed by atoms with E-state index >= 15 is 0 Å². The Morgan fingerprint density at radius 3 is 1.42 bits per heavy atom. The molecule has 0 aliphatic rings. The Morgan fingerprint density at radius 2 is 0.983 bits per heavy atom. The van der Waals surface area contributed by atoms with Gasteiger partial charge in [-0.25, -0.2) is 0 Å². The number of aliphatic hydroxyl groups is 1. The van der Waals surface area contributed by atoms with Crippen LogP contribution in [0.25, 0.3) is 0 Å². The molecule has 0 fully saturated rings. The molecule has 9 heteroatoms. The molecule has 0 aliphatic heterocycles. The quantitative estimate of drug-likeness (QED) is 0.0274. The smallest absolute Gasteiger partial charge is 0.268 e. The van der Waals surface area contributed by atoms with Gasteiger partial charge < -0.3 is 28.8 Å². The zero-order chi connectivity index (χ0) is 43.6. The Hall–Kier alpha value is -1.54. The second-order valence-electron chi connectivity index (χ2n) is 17.8. The third kappa shape index (κ3) is 44.3. The van der Waals surface area contributed by atoms with Crippen molar-refractivity contribution < 1.29 is 32.9 Å². The average molecular weight is 851 g/mol. The highest BCUT2D eigenvalue weighted by atomic mass is 31.2. The van der Waals surface area contributed by atoms with Gasteiger partial charge in [0.2, 0.25) is 5.91 Å². The fraction of sp³-hybridized carbons (Fsp3) is 0.820. The lowest BCUT2D eigenvalue weighted by atomic mass is 10.0.